The van der Waals surface area contributed by atoms with Gasteiger partial charge in [-0.05, 0) is 69.2 Å². The first-order valence-electron chi connectivity index (χ1n) is 11.9. The van der Waals surface area contributed by atoms with Gasteiger partial charge in [-0.25, -0.2) is 4.99 Å². The summed E-state index contributed by atoms with van der Waals surface area (Å²) in [7, 11) is 0. The number of aryl methyl sites for hydroxylation is 1. The van der Waals surface area contributed by atoms with Crippen molar-refractivity contribution in [2.75, 3.05) is 6.61 Å². The number of hydrogen-bond donors (Lipinski definition) is 0. The number of thiazole rings is 1. The Bertz CT molecular complexity index is 1700. The molecule has 3 aromatic carbocycles. The van der Waals surface area contributed by atoms with Crippen LogP contribution in [0.2, 0.25) is 0 Å². The molecule has 0 saturated heterocycles. The molecule has 1 atom stereocenters. The normalized spacial score (nSPS) is 16.6. The fourth-order valence-electron chi connectivity index (χ4n) is 4.98. The predicted octanol–water partition coefficient (Wildman–Crippen LogP) is 5.65. The minimum Gasteiger partial charge on any atom is -0.488 e. The van der Waals surface area contributed by atoms with Crippen molar-refractivity contribution in [2.45, 2.75) is 18.9 Å². The van der Waals surface area contributed by atoms with E-state index in [1.165, 1.54) is 28.0 Å². The van der Waals surface area contributed by atoms with Crippen molar-refractivity contribution in [1.29, 1.82) is 0 Å². The second-order valence-corrected chi connectivity index (χ2v) is 10.7. The van der Waals surface area contributed by atoms with Crippen molar-refractivity contribution >= 4 is 39.0 Å². The highest BCUT2D eigenvalue weighted by Crippen LogP contribution is 2.41. The van der Waals surface area contributed by atoms with Gasteiger partial charge >= 0.3 is 0 Å². The zero-order chi connectivity index (χ0) is 24.6. The molecule has 0 bridgehead atoms. The highest BCUT2D eigenvalue weighted by atomic mass is 79.9. The molecule has 1 aliphatic carbocycles. The molecular weight excluding hydrogens is 532 g/mol. The molecule has 4 aromatic rings. The van der Waals surface area contributed by atoms with Gasteiger partial charge in [0, 0.05) is 5.56 Å². The summed E-state index contributed by atoms with van der Waals surface area (Å²) >= 11 is 5.02. The van der Waals surface area contributed by atoms with Gasteiger partial charge in [-0.2, -0.15) is 0 Å². The lowest BCUT2D eigenvalue weighted by atomic mass is 9.83. The first kappa shape index (κ1) is 23.0. The van der Waals surface area contributed by atoms with Crippen LogP contribution in [-0.4, -0.2) is 11.2 Å². The number of aromatic nitrogens is 1. The molecule has 2 aliphatic rings. The van der Waals surface area contributed by atoms with E-state index >= 15 is 0 Å². The zero-order valence-electron chi connectivity index (χ0n) is 19.5. The first-order chi connectivity index (χ1) is 17.6. The average molecular weight is 555 g/mol. The largest absolute Gasteiger partial charge is 0.488 e. The summed E-state index contributed by atoms with van der Waals surface area (Å²) in [6.07, 6.45) is 5.48. The van der Waals surface area contributed by atoms with E-state index in [1.807, 2.05) is 47.0 Å². The maximum absolute atomic E-state index is 13.8. The second-order valence-electron chi connectivity index (χ2n) is 8.81. The molecule has 36 heavy (non-hydrogen) atoms. The molecule has 0 N–H and O–H groups in total. The van der Waals surface area contributed by atoms with Crippen LogP contribution in [0.1, 0.15) is 34.7 Å². The summed E-state index contributed by atoms with van der Waals surface area (Å²) in [6.45, 7) is 4.13. The van der Waals surface area contributed by atoms with Crippen LogP contribution >= 0.6 is 27.3 Å². The van der Waals surface area contributed by atoms with Crippen LogP contribution in [0.4, 0.5) is 0 Å². The molecule has 6 heteroatoms. The molecule has 4 nitrogen and oxygen atoms in total. The van der Waals surface area contributed by atoms with Gasteiger partial charge in [-0.15, -0.1) is 0 Å². The highest BCUT2D eigenvalue weighted by Gasteiger charge is 2.32. The van der Waals surface area contributed by atoms with Crippen molar-refractivity contribution in [3.8, 4) is 5.75 Å². The zero-order valence-corrected chi connectivity index (χ0v) is 21.9. The quantitative estimate of drug-likeness (QED) is 0.299. The predicted molar refractivity (Wildman–Crippen MR) is 149 cm³/mol. The smallest absolute Gasteiger partial charge is 0.271 e. The molecule has 0 saturated carbocycles. The van der Waals surface area contributed by atoms with E-state index in [2.05, 4.69) is 58.9 Å². The number of rotatable bonds is 5. The van der Waals surface area contributed by atoms with Crippen LogP contribution in [0.5, 0.6) is 5.75 Å². The minimum atomic E-state index is -0.158. The van der Waals surface area contributed by atoms with E-state index in [0.29, 0.717) is 11.1 Å². The van der Waals surface area contributed by atoms with Crippen molar-refractivity contribution < 1.29 is 4.74 Å². The van der Waals surface area contributed by atoms with Gasteiger partial charge in [0.15, 0.2) is 4.80 Å². The van der Waals surface area contributed by atoms with Crippen LogP contribution < -0.4 is 19.6 Å². The molecular formula is C30H23BrN2O2S. The number of nitrogens with zero attached hydrogens (tertiary/aromatic N) is 2. The van der Waals surface area contributed by atoms with Gasteiger partial charge in [0.2, 0.25) is 0 Å². The molecule has 0 amide bonds. The fourth-order valence-corrected chi connectivity index (χ4v) is 6.49. The summed E-state index contributed by atoms with van der Waals surface area (Å²) in [5.41, 5.74) is 6.74. The van der Waals surface area contributed by atoms with Gasteiger partial charge in [-0.3, -0.25) is 9.36 Å². The Hall–Kier alpha value is -3.48. The van der Waals surface area contributed by atoms with Crippen LogP contribution in [0, 0.1) is 0 Å². The van der Waals surface area contributed by atoms with Crippen molar-refractivity contribution in [3.05, 3.63) is 137 Å². The molecule has 178 valence electrons. The van der Waals surface area contributed by atoms with E-state index in [4.69, 9.17) is 9.73 Å². The van der Waals surface area contributed by atoms with Gasteiger partial charge in [-0.1, -0.05) is 84.7 Å². The van der Waals surface area contributed by atoms with E-state index in [0.717, 1.165) is 44.7 Å². The fraction of sp³-hybridized carbons (Fsp3) is 0.133. The van der Waals surface area contributed by atoms with Crippen molar-refractivity contribution in [3.63, 3.8) is 0 Å². The number of hydrogen-bond acceptors (Lipinski definition) is 4. The monoisotopic (exact) mass is 554 g/mol. The molecule has 0 spiro atoms. The van der Waals surface area contributed by atoms with Crippen LogP contribution in [0.25, 0.3) is 11.8 Å². The first-order valence-corrected chi connectivity index (χ1v) is 13.5. The highest BCUT2D eigenvalue weighted by molar-refractivity contribution is 9.10. The average Bonchev–Trinajstić information content (AvgIpc) is 3.21. The maximum atomic E-state index is 13.8. The number of benzene rings is 3. The Morgan fingerprint density at radius 1 is 1.08 bits per heavy atom. The molecule has 6 rings (SSSR count). The minimum absolute atomic E-state index is 0.0129. The van der Waals surface area contributed by atoms with Gasteiger partial charge in [0.1, 0.15) is 12.4 Å². The summed E-state index contributed by atoms with van der Waals surface area (Å²) in [6, 6.07) is 24.5. The number of ether oxygens (including phenoxy) is 1. The lowest BCUT2D eigenvalue weighted by Crippen LogP contribution is -2.38. The molecule has 1 aromatic heterocycles. The lowest BCUT2D eigenvalue weighted by molar-refractivity contribution is 0.361. The van der Waals surface area contributed by atoms with Crippen molar-refractivity contribution in [1.82, 2.24) is 4.57 Å². The van der Waals surface area contributed by atoms with Crippen LogP contribution in [-0.2, 0) is 6.42 Å². The third-order valence-corrected chi connectivity index (χ3v) is 8.20. The third-order valence-electron chi connectivity index (χ3n) is 6.60. The Labute approximate surface area is 221 Å². The standard InChI is InChI=1S/C30H23BrN2O2S/c1-2-16-35-25-15-12-19(17-24(25)31)18-26-29(34)33-28(21-9-4-3-5-10-21)23-14-13-20-8-6-7-11-22(20)27(23)32-30(33)36-26/h2-12,15,17-18,28H,1,13-14,16H2. The van der Waals surface area contributed by atoms with Crippen molar-refractivity contribution in [2.24, 2.45) is 4.99 Å². The van der Waals surface area contributed by atoms with Gasteiger partial charge in [0.05, 0.1) is 20.7 Å². The van der Waals surface area contributed by atoms with Gasteiger partial charge in [0.25, 0.3) is 5.56 Å². The molecule has 1 unspecified atom stereocenters. The van der Waals surface area contributed by atoms with E-state index < -0.39 is 0 Å². The topological polar surface area (TPSA) is 43.6 Å². The Morgan fingerprint density at radius 2 is 1.89 bits per heavy atom. The summed E-state index contributed by atoms with van der Waals surface area (Å²) in [4.78, 5) is 19.6. The third kappa shape index (κ3) is 4.00. The van der Waals surface area contributed by atoms with Crippen LogP contribution in [0.15, 0.2) is 105 Å². The second kappa shape index (κ2) is 9.52. The molecule has 0 radical (unpaired) electrons. The summed E-state index contributed by atoms with van der Waals surface area (Å²) < 4.78 is 9.04. The number of fused-ring (bicyclic) bond motifs is 3. The Morgan fingerprint density at radius 3 is 2.69 bits per heavy atom. The van der Waals surface area contributed by atoms with Gasteiger partial charge < -0.3 is 4.74 Å². The van der Waals surface area contributed by atoms with Crippen LogP contribution in [0.3, 0.4) is 0 Å². The molecule has 1 aliphatic heterocycles. The lowest BCUT2D eigenvalue weighted by Gasteiger charge is -2.30. The Balaban J connectivity index is 1.53. The van der Waals surface area contributed by atoms with E-state index in [9.17, 15) is 4.79 Å². The molecule has 0 fully saturated rings. The maximum Gasteiger partial charge on any atom is 0.271 e. The summed E-state index contributed by atoms with van der Waals surface area (Å²) in [5, 5.41) is 0. The SMILES string of the molecule is C=CCOc1ccc(C=c2sc3n(c2=O)C(c2ccccc2)C2=C(N=3)c3ccccc3CC2)cc1Br. The summed E-state index contributed by atoms with van der Waals surface area (Å²) in [5.74, 6) is 0.740. The van der Waals surface area contributed by atoms with E-state index in [1.54, 1.807) is 6.08 Å². The Kier molecular flexibility index (Phi) is 6.07. The van der Waals surface area contributed by atoms with E-state index in [-0.39, 0.29) is 11.6 Å². The molecule has 2 heterocycles. The number of halogens is 1. The number of allylic oxidation sites excluding steroid dienone is 1.